The molecular weight excluding hydrogens is 210 g/mol. The van der Waals surface area contributed by atoms with Gasteiger partial charge in [-0.15, -0.1) is 0 Å². The largest absolute Gasteiger partial charge is 0.294 e. The summed E-state index contributed by atoms with van der Waals surface area (Å²) >= 11 is 5.63. The van der Waals surface area contributed by atoms with Gasteiger partial charge in [-0.05, 0) is 13.0 Å². The highest BCUT2D eigenvalue weighted by Crippen LogP contribution is 2.35. The Hall–Kier alpha value is -0.960. The number of rotatable bonds is 2. The Morgan fingerprint density at radius 2 is 2.00 bits per heavy atom. The Labute approximate surface area is 85.7 Å². The highest BCUT2D eigenvalue weighted by Gasteiger charge is 2.31. The molecule has 0 saturated heterocycles. The zero-order valence-electron chi connectivity index (χ0n) is 7.77. The smallest absolute Gasteiger partial charge is 0.272 e. The predicted molar refractivity (Wildman–Crippen MR) is 51.0 cm³/mol. The highest BCUT2D eigenvalue weighted by molar-refractivity contribution is 6.32. The molecule has 0 aliphatic heterocycles. The number of hydrogen-bond donors (Lipinski definition) is 0. The van der Waals surface area contributed by atoms with Crippen molar-refractivity contribution in [1.29, 1.82) is 0 Å². The van der Waals surface area contributed by atoms with E-state index in [-0.39, 0.29) is 10.6 Å². The highest BCUT2D eigenvalue weighted by atomic mass is 35.5. The maximum absolute atomic E-state index is 13.1. The van der Waals surface area contributed by atoms with Crippen molar-refractivity contribution in [1.82, 2.24) is 0 Å². The van der Waals surface area contributed by atoms with E-state index in [4.69, 9.17) is 11.6 Å². The molecule has 0 aliphatic rings. The lowest BCUT2D eigenvalue weighted by atomic mass is 10.00. The topological polar surface area (TPSA) is 17.1 Å². The molecule has 0 aromatic heterocycles. The van der Waals surface area contributed by atoms with Crippen LogP contribution in [0.1, 0.15) is 29.8 Å². The number of carbonyl (C=O) groups excluding carboxylic acids is 1. The first kappa shape index (κ1) is 11.1. The Morgan fingerprint density at radius 3 is 2.36 bits per heavy atom. The molecule has 1 nitrogen and oxygen atoms in total. The second-order valence-corrected chi connectivity index (χ2v) is 3.51. The average molecular weight is 219 g/mol. The number of alkyl halides is 2. The average Bonchev–Trinajstić information content (AvgIpc) is 2.01. The Kier molecular flexibility index (Phi) is 2.90. The molecule has 0 fully saturated rings. The van der Waals surface area contributed by atoms with E-state index in [2.05, 4.69) is 0 Å². The van der Waals surface area contributed by atoms with Crippen LogP contribution in [0.2, 0.25) is 5.02 Å². The molecule has 0 atom stereocenters. The van der Waals surface area contributed by atoms with E-state index in [1.54, 1.807) is 0 Å². The lowest BCUT2D eigenvalue weighted by molar-refractivity contribution is 0.0166. The zero-order valence-corrected chi connectivity index (χ0v) is 8.53. The summed E-state index contributed by atoms with van der Waals surface area (Å²) < 4.78 is 26.2. The summed E-state index contributed by atoms with van der Waals surface area (Å²) in [6, 6.07) is 4.18. The molecule has 1 rings (SSSR count). The van der Waals surface area contributed by atoms with Gasteiger partial charge in [0.25, 0.3) is 5.92 Å². The van der Waals surface area contributed by atoms with Gasteiger partial charge < -0.3 is 0 Å². The first-order chi connectivity index (χ1) is 6.34. The molecule has 0 heterocycles. The summed E-state index contributed by atoms with van der Waals surface area (Å²) in [5.41, 5.74) is -0.417. The summed E-state index contributed by atoms with van der Waals surface area (Å²) in [7, 11) is 0. The van der Waals surface area contributed by atoms with Crippen molar-refractivity contribution in [2.24, 2.45) is 0 Å². The van der Waals surface area contributed by atoms with Crippen LogP contribution in [0.4, 0.5) is 8.78 Å². The lowest BCUT2D eigenvalue weighted by Gasteiger charge is -2.15. The van der Waals surface area contributed by atoms with E-state index in [1.807, 2.05) is 0 Å². The summed E-state index contributed by atoms with van der Waals surface area (Å²) in [5, 5.41) is -0.0785. The minimum absolute atomic E-state index is 0.0231. The van der Waals surface area contributed by atoms with Crippen molar-refractivity contribution in [2.45, 2.75) is 19.8 Å². The van der Waals surface area contributed by atoms with Crippen molar-refractivity contribution in [3.05, 3.63) is 34.3 Å². The number of benzene rings is 1. The SMILES string of the molecule is CC(=O)c1cccc(Cl)c1C(C)(F)F. The van der Waals surface area contributed by atoms with Crippen LogP contribution in [-0.2, 0) is 5.92 Å². The molecule has 0 N–H and O–H groups in total. The van der Waals surface area contributed by atoms with E-state index in [0.717, 1.165) is 6.92 Å². The molecule has 14 heavy (non-hydrogen) atoms. The number of ketones is 1. The van der Waals surface area contributed by atoms with Gasteiger partial charge in [-0.2, -0.15) is 0 Å². The van der Waals surface area contributed by atoms with Gasteiger partial charge in [0.05, 0.1) is 5.02 Å². The van der Waals surface area contributed by atoms with Crippen LogP contribution >= 0.6 is 11.6 Å². The second-order valence-electron chi connectivity index (χ2n) is 3.11. The molecule has 0 unspecified atom stereocenters. The van der Waals surface area contributed by atoms with E-state index in [9.17, 15) is 13.6 Å². The number of hydrogen-bond acceptors (Lipinski definition) is 1. The van der Waals surface area contributed by atoms with Gasteiger partial charge in [-0.25, -0.2) is 8.78 Å². The summed E-state index contributed by atoms with van der Waals surface area (Å²) in [6.07, 6.45) is 0. The third kappa shape index (κ3) is 2.10. The van der Waals surface area contributed by atoms with Crippen molar-refractivity contribution < 1.29 is 13.6 Å². The normalized spacial score (nSPS) is 11.5. The van der Waals surface area contributed by atoms with E-state index < -0.39 is 17.3 Å². The standard InChI is InChI=1S/C10H9ClF2O/c1-6(14)7-4-3-5-8(11)9(7)10(2,12)13/h3-5H,1-2H3. The van der Waals surface area contributed by atoms with Gasteiger partial charge in [-0.3, -0.25) is 4.79 Å². The molecule has 0 bridgehead atoms. The van der Waals surface area contributed by atoms with Crippen LogP contribution < -0.4 is 0 Å². The fourth-order valence-corrected chi connectivity index (χ4v) is 1.60. The fourth-order valence-electron chi connectivity index (χ4n) is 1.26. The van der Waals surface area contributed by atoms with Crippen molar-refractivity contribution >= 4 is 17.4 Å². The molecular formula is C10H9ClF2O. The van der Waals surface area contributed by atoms with E-state index in [1.165, 1.54) is 25.1 Å². The molecule has 0 amide bonds. The Bertz CT molecular complexity index is 369. The van der Waals surface area contributed by atoms with Gasteiger partial charge in [0, 0.05) is 18.1 Å². The number of Topliss-reactive ketones (excluding diaryl/α,β-unsaturated/α-hetero) is 1. The monoisotopic (exact) mass is 218 g/mol. The van der Waals surface area contributed by atoms with Crippen molar-refractivity contribution in [3.63, 3.8) is 0 Å². The molecule has 4 heteroatoms. The number of halogens is 3. The molecule has 76 valence electrons. The lowest BCUT2D eigenvalue weighted by Crippen LogP contribution is -2.13. The second kappa shape index (κ2) is 3.65. The Balaban J connectivity index is 3.45. The van der Waals surface area contributed by atoms with Gasteiger partial charge in [0.2, 0.25) is 0 Å². The first-order valence-electron chi connectivity index (χ1n) is 4.02. The van der Waals surface area contributed by atoms with Gasteiger partial charge >= 0.3 is 0 Å². The maximum Gasteiger partial charge on any atom is 0.272 e. The molecule has 1 aromatic carbocycles. The van der Waals surface area contributed by atoms with Gasteiger partial charge in [-0.1, -0.05) is 23.7 Å². The molecule has 0 aliphatic carbocycles. The third-order valence-electron chi connectivity index (χ3n) is 1.83. The third-order valence-corrected chi connectivity index (χ3v) is 2.15. The quantitative estimate of drug-likeness (QED) is 0.693. The van der Waals surface area contributed by atoms with Crippen molar-refractivity contribution in [3.8, 4) is 0 Å². The predicted octanol–water partition coefficient (Wildman–Crippen LogP) is 3.65. The van der Waals surface area contributed by atoms with E-state index >= 15 is 0 Å². The first-order valence-corrected chi connectivity index (χ1v) is 4.39. The fraction of sp³-hybridized carbons (Fsp3) is 0.300. The van der Waals surface area contributed by atoms with Gasteiger partial charge in [0.1, 0.15) is 0 Å². The zero-order chi connectivity index (χ0) is 10.9. The van der Waals surface area contributed by atoms with Crippen molar-refractivity contribution in [2.75, 3.05) is 0 Å². The summed E-state index contributed by atoms with van der Waals surface area (Å²) in [4.78, 5) is 11.1. The molecule has 1 aromatic rings. The van der Waals surface area contributed by atoms with Crippen LogP contribution in [0, 0.1) is 0 Å². The summed E-state index contributed by atoms with van der Waals surface area (Å²) in [6.45, 7) is 1.96. The maximum atomic E-state index is 13.1. The van der Waals surface area contributed by atoms with Crippen LogP contribution in [0.15, 0.2) is 18.2 Å². The van der Waals surface area contributed by atoms with Crippen LogP contribution in [0.5, 0.6) is 0 Å². The van der Waals surface area contributed by atoms with Crippen LogP contribution in [-0.4, -0.2) is 5.78 Å². The van der Waals surface area contributed by atoms with Gasteiger partial charge in [0.15, 0.2) is 5.78 Å². The molecule has 0 spiro atoms. The summed E-state index contributed by atoms with van der Waals surface area (Å²) in [5.74, 6) is -3.51. The number of carbonyl (C=O) groups is 1. The Morgan fingerprint density at radius 1 is 1.43 bits per heavy atom. The molecule has 0 radical (unpaired) electrons. The van der Waals surface area contributed by atoms with Crippen LogP contribution in [0.3, 0.4) is 0 Å². The van der Waals surface area contributed by atoms with E-state index in [0.29, 0.717) is 0 Å². The molecule has 0 saturated carbocycles. The minimum atomic E-state index is -3.10. The minimum Gasteiger partial charge on any atom is -0.294 e. The van der Waals surface area contributed by atoms with Crippen LogP contribution in [0.25, 0.3) is 0 Å².